The Morgan fingerprint density at radius 2 is 2.05 bits per heavy atom. The van der Waals surface area contributed by atoms with Gasteiger partial charge in [-0.3, -0.25) is 5.32 Å². The van der Waals surface area contributed by atoms with E-state index in [2.05, 4.69) is 5.32 Å². The summed E-state index contributed by atoms with van der Waals surface area (Å²) in [4.78, 5) is 12.5. The second-order valence-electron chi connectivity index (χ2n) is 5.60. The normalized spacial score (nSPS) is 18.5. The quantitative estimate of drug-likeness (QED) is 0.818. The maximum atomic E-state index is 12.5. The maximum Gasteiger partial charge on any atom is 0.330 e. The summed E-state index contributed by atoms with van der Waals surface area (Å²) in [5.74, 6) is -0.318. The van der Waals surface area contributed by atoms with Crippen molar-refractivity contribution in [2.45, 2.75) is 51.1 Å². The van der Waals surface area contributed by atoms with E-state index < -0.39 is 5.54 Å². The molecule has 1 aromatic carbocycles. The van der Waals surface area contributed by atoms with Gasteiger partial charge in [0.1, 0.15) is 5.54 Å². The molecule has 1 aliphatic carbocycles. The molecular weight excluding hydrogens is 309 g/mol. The summed E-state index contributed by atoms with van der Waals surface area (Å²) in [5.41, 5.74) is -0.311. The smallest absolute Gasteiger partial charge is 0.330 e. The third-order valence-corrected chi connectivity index (χ3v) is 4.56. The van der Waals surface area contributed by atoms with Gasteiger partial charge in [0, 0.05) is 21.7 Å². The second kappa shape index (κ2) is 6.99. The van der Waals surface area contributed by atoms with E-state index >= 15 is 0 Å². The molecule has 0 aromatic heterocycles. The number of benzene rings is 1. The number of halogens is 2. The monoisotopic (exact) mass is 329 g/mol. The first-order valence-corrected chi connectivity index (χ1v) is 8.13. The molecule has 0 saturated heterocycles. The molecule has 1 aliphatic rings. The predicted octanol–water partition coefficient (Wildman–Crippen LogP) is 4.30. The van der Waals surface area contributed by atoms with Gasteiger partial charge in [0.05, 0.1) is 6.61 Å². The summed E-state index contributed by atoms with van der Waals surface area (Å²) in [5, 5.41) is 4.51. The van der Waals surface area contributed by atoms with Gasteiger partial charge in [-0.25, -0.2) is 4.79 Å². The first-order valence-electron chi connectivity index (χ1n) is 7.38. The molecule has 1 aromatic rings. The van der Waals surface area contributed by atoms with Gasteiger partial charge in [-0.2, -0.15) is 0 Å². The molecule has 3 nitrogen and oxygen atoms in total. The lowest BCUT2D eigenvalue weighted by Gasteiger charge is -2.33. The lowest BCUT2D eigenvalue weighted by atomic mass is 9.90. The van der Waals surface area contributed by atoms with Crippen molar-refractivity contribution in [3.05, 3.63) is 33.8 Å². The van der Waals surface area contributed by atoms with Crippen LogP contribution in [0.5, 0.6) is 0 Å². The molecule has 1 saturated carbocycles. The Hall–Kier alpha value is -0.770. The van der Waals surface area contributed by atoms with Crippen LogP contribution in [-0.2, 0) is 15.1 Å². The Balaban J connectivity index is 2.38. The van der Waals surface area contributed by atoms with Gasteiger partial charge in [0.15, 0.2) is 0 Å². The number of ether oxygens (including phenoxy) is 1. The summed E-state index contributed by atoms with van der Waals surface area (Å²) < 4.78 is 5.26. The summed E-state index contributed by atoms with van der Waals surface area (Å²) in [6.45, 7) is 3.95. The summed E-state index contributed by atoms with van der Waals surface area (Å²) in [7, 11) is 0. The zero-order chi connectivity index (χ0) is 15.5. The summed E-state index contributed by atoms with van der Waals surface area (Å²) in [6, 6.07) is 5.47. The first kappa shape index (κ1) is 16.6. The van der Waals surface area contributed by atoms with Crippen molar-refractivity contribution >= 4 is 29.2 Å². The highest BCUT2D eigenvalue weighted by Gasteiger charge is 2.40. The van der Waals surface area contributed by atoms with E-state index in [1.807, 2.05) is 6.92 Å². The Morgan fingerprint density at radius 3 is 2.67 bits per heavy atom. The molecule has 0 amide bonds. The highest BCUT2D eigenvalue weighted by molar-refractivity contribution is 6.33. The number of carbonyl (C=O) groups is 1. The molecule has 116 valence electrons. The van der Waals surface area contributed by atoms with Crippen LogP contribution in [0.15, 0.2) is 18.2 Å². The van der Waals surface area contributed by atoms with Gasteiger partial charge >= 0.3 is 5.97 Å². The fourth-order valence-corrected chi connectivity index (χ4v) is 3.36. The maximum absolute atomic E-state index is 12.5. The van der Waals surface area contributed by atoms with Crippen LogP contribution in [0.25, 0.3) is 0 Å². The van der Waals surface area contributed by atoms with E-state index in [1.54, 1.807) is 25.1 Å². The van der Waals surface area contributed by atoms with Gasteiger partial charge in [-0.1, -0.05) is 36.0 Å². The lowest BCUT2D eigenvalue weighted by Crippen LogP contribution is -2.51. The summed E-state index contributed by atoms with van der Waals surface area (Å²) in [6.07, 6.45) is 4.49. The van der Waals surface area contributed by atoms with Crippen LogP contribution in [0, 0.1) is 0 Å². The van der Waals surface area contributed by atoms with E-state index in [4.69, 9.17) is 27.9 Å². The van der Waals surface area contributed by atoms with Gasteiger partial charge in [0.25, 0.3) is 0 Å². The zero-order valence-electron chi connectivity index (χ0n) is 12.4. The van der Waals surface area contributed by atoms with Gasteiger partial charge in [-0.05, 0) is 44.9 Å². The molecule has 1 fully saturated rings. The minimum atomic E-state index is -0.979. The third-order valence-electron chi connectivity index (χ3n) is 4.00. The molecule has 1 atom stereocenters. The third kappa shape index (κ3) is 3.71. The second-order valence-corrected chi connectivity index (χ2v) is 6.44. The standard InChI is InChI=1S/C16H21Cl2NO2/c1-3-21-15(20)16(2,19-12-6-4-5-7-12)13-10-11(17)8-9-14(13)18/h8-10,12,19H,3-7H2,1-2H3. The molecule has 21 heavy (non-hydrogen) atoms. The highest BCUT2D eigenvalue weighted by Crippen LogP contribution is 2.34. The zero-order valence-corrected chi connectivity index (χ0v) is 13.9. The van der Waals surface area contributed by atoms with Gasteiger partial charge < -0.3 is 4.74 Å². The molecule has 5 heteroatoms. The molecule has 0 aliphatic heterocycles. The number of esters is 1. The fraction of sp³-hybridized carbons (Fsp3) is 0.562. The largest absolute Gasteiger partial charge is 0.464 e. The average Bonchev–Trinajstić information content (AvgIpc) is 2.94. The topological polar surface area (TPSA) is 38.3 Å². The van der Waals surface area contributed by atoms with Crippen molar-refractivity contribution in [2.24, 2.45) is 0 Å². The lowest BCUT2D eigenvalue weighted by molar-refractivity contribution is -0.151. The molecule has 0 spiro atoms. The average molecular weight is 330 g/mol. The van der Waals surface area contributed by atoms with Crippen LogP contribution in [0.3, 0.4) is 0 Å². The number of hydrogen-bond acceptors (Lipinski definition) is 3. The van der Waals surface area contributed by atoms with Crippen LogP contribution in [-0.4, -0.2) is 18.6 Å². The van der Waals surface area contributed by atoms with Crippen LogP contribution in [0.1, 0.15) is 45.1 Å². The fourth-order valence-electron chi connectivity index (χ4n) is 2.88. The molecule has 0 radical (unpaired) electrons. The molecule has 0 bridgehead atoms. The number of hydrogen-bond donors (Lipinski definition) is 1. The Kier molecular flexibility index (Phi) is 5.53. The first-order chi connectivity index (χ1) is 9.97. The molecular formula is C16H21Cl2NO2. The minimum absolute atomic E-state index is 0.300. The van der Waals surface area contributed by atoms with E-state index in [0.717, 1.165) is 12.8 Å². The Labute approximate surface area is 136 Å². The van der Waals surface area contributed by atoms with Crippen LogP contribution in [0.2, 0.25) is 10.0 Å². The SMILES string of the molecule is CCOC(=O)C(C)(NC1CCCC1)c1cc(Cl)ccc1Cl. The Morgan fingerprint density at radius 1 is 1.38 bits per heavy atom. The van der Waals surface area contributed by atoms with Crippen LogP contribution >= 0.6 is 23.2 Å². The van der Waals surface area contributed by atoms with E-state index in [-0.39, 0.29) is 5.97 Å². The Bertz CT molecular complexity index is 515. The van der Waals surface area contributed by atoms with Crippen LogP contribution in [0.4, 0.5) is 0 Å². The van der Waals surface area contributed by atoms with Crippen molar-refractivity contribution in [1.29, 1.82) is 0 Å². The molecule has 1 unspecified atom stereocenters. The highest BCUT2D eigenvalue weighted by atomic mass is 35.5. The van der Waals surface area contributed by atoms with Crippen molar-refractivity contribution in [2.75, 3.05) is 6.61 Å². The number of nitrogens with one attached hydrogen (secondary N) is 1. The van der Waals surface area contributed by atoms with Crippen molar-refractivity contribution in [3.63, 3.8) is 0 Å². The molecule has 0 heterocycles. The minimum Gasteiger partial charge on any atom is -0.464 e. The number of carbonyl (C=O) groups excluding carboxylic acids is 1. The van der Waals surface area contributed by atoms with Crippen molar-refractivity contribution in [1.82, 2.24) is 5.32 Å². The van der Waals surface area contributed by atoms with Crippen LogP contribution < -0.4 is 5.32 Å². The predicted molar refractivity (Wildman–Crippen MR) is 85.8 cm³/mol. The van der Waals surface area contributed by atoms with Crippen molar-refractivity contribution in [3.8, 4) is 0 Å². The van der Waals surface area contributed by atoms with Crippen molar-refractivity contribution < 1.29 is 9.53 Å². The van der Waals surface area contributed by atoms with Gasteiger partial charge in [-0.15, -0.1) is 0 Å². The molecule has 2 rings (SSSR count). The molecule has 1 N–H and O–H groups in total. The van der Waals surface area contributed by atoms with Gasteiger partial charge in [0.2, 0.25) is 0 Å². The van der Waals surface area contributed by atoms with E-state index in [0.29, 0.717) is 28.3 Å². The summed E-state index contributed by atoms with van der Waals surface area (Å²) >= 11 is 12.4. The number of rotatable bonds is 5. The van der Waals surface area contributed by atoms with E-state index in [9.17, 15) is 4.79 Å². The van der Waals surface area contributed by atoms with E-state index in [1.165, 1.54) is 12.8 Å².